The second kappa shape index (κ2) is 15.6. The van der Waals surface area contributed by atoms with Crippen LogP contribution in [0.15, 0.2) is 134 Å². The summed E-state index contributed by atoms with van der Waals surface area (Å²) < 4.78 is 150. The molecule has 2 heterocycles. The Labute approximate surface area is 383 Å². The summed E-state index contributed by atoms with van der Waals surface area (Å²) in [5.41, 5.74) is 0.988. The predicted molar refractivity (Wildman–Crippen MR) is 238 cm³/mol. The number of fused-ring (bicyclic) bond motifs is 1. The molecule has 0 bridgehead atoms. The molecule has 8 aromatic rings. The molecule has 0 unspecified atom stereocenters. The second-order valence-electron chi connectivity index (χ2n) is 14.5. The molecule has 0 fully saturated rings. The molecule has 0 aliphatic heterocycles. The minimum absolute atomic E-state index is 0. The van der Waals surface area contributed by atoms with Crippen molar-refractivity contribution in [2.45, 2.75) is 72.7 Å². The van der Waals surface area contributed by atoms with Crippen LogP contribution in [0.2, 0.25) is 0 Å². The Bertz CT molecular complexity index is 3390. The zero-order valence-corrected chi connectivity index (χ0v) is 34.1. The van der Waals surface area contributed by atoms with Gasteiger partial charge < -0.3 is 5.11 Å². The summed E-state index contributed by atoms with van der Waals surface area (Å²) in [6.07, 6.45) is 1.57. The predicted octanol–water partition coefficient (Wildman–Crippen LogP) is 13.8. The average Bonchev–Trinajstić information content (AvgIpc) is 3.67. The first-order chi connectivity index (χ1) is 34.7. The van der Waals surface area contributed by atoms with Gasteiger partial charge in [0.2, 0.25) is 0 Å². The van der Waals surface area contributed by atoms with Crippen LogP contribution in [0.1, 0.15) is 93.6 Å². The van der Waals surface area contributed by atoms with Gasteiger partial charge in [-0.05, 0) is 100 Å². The van der Waals surface area contributed by atoms with Crippen molar-refractivity contribution in [3.63, 3.8) is 0 Å². The molecule has 8 rings (SSSR count). The minimum atomic E-state index is -3.49. The molecule has 0 atom stereocenters. The van der Waals surface area contributed by atoms with Gasteiger partial charge in [-0.25, -0.2) is 4.98 Å². The van der Waals surface area contributed by atoms with E-state index in [1.165, 1.54) is 42.5 Å². The van der Waals surface area contributed by atoms with Gasteiger partial charge in [0, 0.05) is 57.6 Å². The van der Waals surface area contributed by atoms with E-state index in [9.17, 15) is 5.11 Å². The maximum atomic E-state index is 11.7. The molecule has 4 nitrogen and oxygen atoms in total. The van der Waals surface area contributed by atoms with E-state index in [4.69, 9.17) is 34.6 Å². The van der Waals surface area contributed by atoms with Gasteiger partial charge in [0.1, 0.15) is 11.6 Å². The van der Waals surface area contributed by atoms with Crippen molar-refractivity contribution in [1.82, 2.24) is 14.5 Å². The van der Waals surface area contributed by atoms with Crippen LogP contribution in [0, 0.1) is 26.8 Å². The fourth-order valence-corrected chi connectivity index (χ4v) is 7.33. The van der Waals surface area contributed by atoms with Crippen molar-refractivity contribution in [2.24, 2.45) is 0 Å². The number of hydrogen-bond acceptors (Lipinski definition) is 3. The van der Waals surface area contributed by atoms with Crippen LogP contribution in [0.25, 0.3) is 72.7 Å². The quantitative estimate of drug-likeness (QED) is 0.169. The molecule has 6 aromatic carbocycles. The topological polar surface area (TPSA) is 50.9 Å². The average molecular weight is 958 g/mol. The molecular formula is C53H50N3OPt-. The SMILES string of the molecule is [2H]C([2H])([2H])C(c1ccc(-c2ccnc(-c3[c-]c(-c4cccc5c4nc(-c4cc(C)cc(C)c4O)n5-c4ccc(C(C([2H])([2H])[2H])(C([2H])([2H])[2H])C([2H])([2H])[2H])cc4C)cc(-c4ccccc4)c3)c2)cc1)(C([2H])([2H])[2H])C([2H])([2H])[2H].[Pt]. The maximum Gasteiger partial charge on any atom is 0.148 e. The first-order valence-electron chi connectivity index (χ1n) is 27.3. The molecule has 2 aromatic heterocycles. The van der Waals surface area contributed by atoms with Crippen LogP contribution in [0.5, 0.6) is 5.75 Å². The van der Waals surface area contributed by atoms with Crippen LogP contribution >= 0.6 is 0 Å². The molecule has 0 saturated heterocycles. The van der Waals surface area contributed by atoms with E-state index in [1.807, 2.05) is 61.5 Å². The molecule has 0 spiro atoms. The Morgan fingerprint density at radius 3 is 2.02 bits per heavy atom. The largest absolute Gasteiger partial charge is 0.507 e. The number of imidazole rings is 1. The van der Waals surface area contributed by atoms with E-state index in [2.05, 4.69) is 6.07 Å². The smallest absolute Gasteiger partial charge is 0.148 e. The van der Waals surface area contributed by atoms with Gasteiger partial charge >= 0.3 is 0 Å². The standard InChI is InChI=1S/C53H50N3O.Pt/c1-33-26-35(3)50(57)45(27-33)51-55-49-44(16-13-17-48(49)56(51)47-23-22-43(28-34(47)2)53(7,8)9)40-29-39(36-14-11-10-12-15-36)30-41(31-40)46-32-38(24-25-54-46)37-18-20-42(21-19-37)52(4,5)6;/h10-30,32,57H,1-9H3;/q-1;/i4D3,5D3,6D3,7D3,8D3,9D3;. The van der Waals surface area contributed by atoms with Crippen molar-refractivity contribution >= 4 is 11.0 Å². The summed E-state index contributed by atoms with van der Waals surface area (Å²) in [6, 6.07) is 38.8. The zero-order valence-electron chi connectivity index (χ0n) is 49.8. The Balaban J connectivity index is 0.00000840. The number of aromatic hydroxyl groups is 1. The molecule has 0 radical (unpaired) electrons. The first-order valence-corrected chi connectivity index (χ1v) is 18.3. The van der Waals surface area contributed by atoms with Crippen LogP contribution in [0.3, 0.4) is 0 Å². The summed E-state index contributed by atoms with van der Waals surface area (Å²) in [5.74, 6) is 0.200. The molecule has 0 aliphatic rings. The number of aryl methyl sites for hydroxylation is 3. The number of phenolic OH excluding ortho intramolecular Hbond substituents is 1. The number of benzene rings is 6. The normalized spacial score (nSPS) is 17.7. The number of nitrogens with zero attached hydrogens (tertiary/aromatic N) is 3. The number of pyridine rings is 1. The van der Waals surface area contributed by atoms with Gasteiger partial charge in [0.25, 0.3) is 0 Å². The number of hydrogen-bond donors (Lipinski definition) is 1. The molecule has 0 saturated carbocycles. The Hall–Kier alpha value is -5.57. The van der Waals surface area contributed by atoms with Gasteiger partial charge in [-0.2, -0.15) is 0 Å². The summed E-state index contributed by atoms with van der Waals surface area (Å²) in [5, 5.41) is 11.7. The molecule has 0 aliphatic carbocycles. The fraction of sp³-hybridized carbons (Fsp3) is 0.208. The van der Waals surface area contributed by atoms with E-state index >= 15 is 0 Å². The van der Waals surface area contributed by atoms with Crippen molar-refractivity contribution in [2.75, 3.05) is 0 Å². The summed E-state index contributed by atoms with van der Waals surface area (Å²) in [4.78, 5) is 9.94. The van der Waals surface area contributed by atoms with Gasteiger partial charge in [-0.1, -0.05) is 149 Å². The van der Waals surface area contributed by atoms with Crippen LogP contribution in [-0.2, 0) is 31.9 Å². The number of aromatic nitrogens is 3. The third-order valence-electron chi connectivity index (χ3n) is 10.2. The van der Waals surface area contributed by atoms with E-state index in [1.54, 1.807) is 54.9 Å². The molecule has 58 heavy (non-hydrogen) atoms. The summed E-state index contributed by atoms with van der Waals surface area (Å²) >= 11 is 0. The van der Waals surface area contributed by atoms with E-state index in [0.29, 0.717) is 66.9 Å². The van der Waals surface area contributed by atoms with Gasteiger partial charge in [-0.15, -0.1) is 23.8 Å². The van der Waals surface area contributed by atoms with E-state index in [0.717, 1.165) is 16.7 Å². The van der Waals surface area contributed by atoms with E-state index < -0.39 is 57.5 Å². The minimum Gasteiger partial charge on any atom is -0.507 e. The molecule has 1 N–H and O–H groups in total. The van der Waals surface area contributed by atoms with Gasteiger partial charge in [0.05, 0.1) is 22.3 Å². The van der Waals surface area contributed by atoms with Crippen LogP contribution < -0.4 is 0 Å². The van der Waals surface area contributed by atoms with Crippen LogP contribution in [0.4, 0.5) is 0 Å². The van der Waals surface area contributed by atoms with Crippen molar-refractivity contribution < 1.29 is 50.8 Å². The third-order valence-corrected chi connectivity index (χ3v) is 10.2. The van der Waals surface area contributed by atoms with Crippen molar-refractivity contribution in [3.05, 3.63) is 167 Å². The Kier molecular flexibility index (Phi) is 6.40. The monoisotopic (exact) mass is 957 g/mol. The van der Waals surface area contributed by atoms with Crippen molar-refractivity contribution in [3.8, 4) is 67.5 Å². The summed E-state index contributed by atoms with van der Waals surface area (Å²) in [6.45, 7) is -15.5. The number of phenols is 1. The van der Waals surface area contributed by atoms with Crippen molar-refractivity contribution in [1.29, 1.82) is 0 Å². The number of rotatable bonds is 6. The second-order valence-corrected chi connectivity index (χ2v) is 14.5. The maximum absolute atomic E-state index is 11.7. The molecule has 0 amide bonds. The van der Waals surface area contributed by atoms with Crippen LogP contribution in [-0.4, -0.2) is 19.6 Å². The van der Waals surface area contributed by atoms with Gasteiger partial charge in [0.15, 0.2) is 0 Å². The summed E-state index contributed by atoms with van der Waals surface area (Å²) in [7, 11) is 0. The fourth-order valence-electron chi connectivity index (χ4n) is 7.33. The van der Waals surface area contributed by atoms with E-state index in [-0.39, 0.29) is 38.2 Å². The molecule has 5 heteroatoms. The Morgan fingerprint density at radius 2 is 1.29 bits per heavy atom. The molecule has 294 valence electrons. The molecular weight excluding hydrogens is 890 g/mol. The van der Waals surface area contributed by atoms with Gasteiger partial charge in [-0.3, -0.25) is 9.55 Å². The third kappa shape index (κ3) is 7.83. The first kappa shape index (κ1) is 23.7. The zero-order chi connectivity index (χ0) is 55.2. The number of para-hydroxylation sites is 1. The Morgan fingerprint density at radius 1 is 0.603 bits per heavy atom.